The highest BCUT2D eigenvalue weighted by molar-refractivity contribution is 6.04. The predicted molar refractivity (Wildman–Crippen MR) is 83.0 cm³/mol. The monoisotopic (exact) mass is 293 g/mol. The molecule has 0 bridgehead atoms. The summed E-state index contributed by atoms with van der Waals surface area (Å²) in [6, 6.07) is 9.18. The first-order chi connectivity index (χ1) is 10.6. The van der Waals surface area contributed by atoms with E-state index < -0.39 is 0 Å². The minimum absolute atomic E-state index is 0.192. The van der Waals surface area contributed by atoms with E-state index in [9.17, 15) is 4.79 Å². The van der Waals surface area contributed by atoms with Crippen molar-refractivity contribution in [1.29, 1.82) is 0 Å². The minimum atomic E-state index is -0.192. The second-order valence-corrected chi connectivity index (χ2v) is 4.98. The molecule has 1 N–H and O–H groups in total. The number of aryl methyl sites for hydroxylation is 2. The van der Waals surface area contributed by atoms with Gasteiger partial charge < -0.3 is 5.32 Å². The van der Waals surface area contributed by atoms with Gasteiger partial charge in [-0.2, -0.15) is 5.10 Å². The van der Waals surface area contributed by atoms with Gasteiger partial charge in [0.2, 0.25) is 0 Å². The Morgan fingerprint density at radius 1 is 1.18 bits per heavy atom. The summed E-state index contributed by atoms with van der Waals surface area (Å²) in [6.45, 7) is 3.91. The summed E-state index contributed by atoms with van der Waals surface area (Å²) in [5.74, 6) is 0.837. The van der Waals surface area contributed by atoms with Crippen LogP contribution < -0.4 is 5.32 Å². The maximum Gasteiger partial charge on any atom is 0.257 e. The normalized spacial score (nSPS) is 10.5. The molecule has 0 radical (unpaired) electrons. The van der Waals surface area contributed by atoms with Crippen LogP contribution in [0.3, 0.4) is 0 Å². The van der Waals surface area contributed by atoms with Crippen LogP contribution in [0.25, 0.3) is 5.82 Å². The lowest BCUT2D eigenvalue weighted by Crippen LogP contribution is -2.15. The van der Waals surface area contributed by atoms with E-state index in [1.54, 1.807) is 29.2 Å². The largest absolute Gasteiger partial charge is 0.306 e. The van der Waals surface area contributed by atoms with Crippen LogP contribution in [0.15, 0.2) is 49.1 Å². The third-order valence-corrected chi connectivity index (χ3v) is 3.26. The Kier molecular flexibility index (Phi) is 3.65. The Hall–Kier alpha value is -3.02. The van der Waals surface area contributed by atoms with E-state index in [1.807, 2.05) is 32.0 Å². The van der Waals surface area contributed by atoms with Crippen LogP contribution in [0.4, 0.5) is 5.82 Å². The zero-order chi connectivity index (χ0) is 15.5. The number of anilines is 1. The molecule has 0 saturated carbocycles. The Bertz CT molecular complexity index is 811. The number of nitrogens with one attached hydrogen (secondary N) is 1. The van der Waals surface area contributed by atoms with E-state index in [0.29, 0.717) is 17.2 Å². The van der Waals surface area contributed by atoms with E-state index >= 15 is 0 Å². The molecular weight excluding hydrogens is 278 g/mol. The van der Waals surface area contributed by atoms with Crippen molar-refractivity contribution in [1.82, 2.24) is 19.7 Å². The molecule has 3 rings (SSSR count). The summed E-state index contributed by atoms with van der Waals surface area (Å²) in [7, 11) is 0. The van der Waals surface area contributed by atoms with E-state index in [4.69, 9.17) is 0 Å². The maximum atomic E-state index is 12.4. The molecule has 2 aromatic heterocycles. The lowest BCUT2D eigenvalue weighted by Gasteiger charge is -2.08. The average Bonchev–Trinajstić information content (AvgIpc) is 3.01. The molecule has 0 saturated heterocycles. The van der Waals surface area contributed by atoms with Crippen LogP contribution in [-0.4, -0.2) is 25.7 Å². The number of amides is 1. The molecule has 22 heavy (non-hydrogen) atoms. The second-order valence-electron chi connectivity index (χ2n) is 4.98. The molecule has 1 aromatic carbocycles. The second kappa shape index (κ2) is 5.77. The van der Waals surface area contributed by atoms with Gasteiger partial charge in [-0.25, -0.2) is 14.6 Å². The Balaban J connectivity index is 1.84. The number of aromatic nitrogens is 4. The van der Waals surface area contributed by atoms with Gasteiger partial charge in [-0.3, -0.25) is 4.79 Å². The SMILES string of the molecule is Cc1ccc(C(=O)Nc2cc(-n3cccn3)ncn2)c(C)c1. The summed E-state index contributed by atoms with van der Waals surface area (Å²) in [5, 5.41) is 6.89. The van der Waals surface area contributed by atoms with Crippen molar-refractivity contribution in [2.45, 2.75) is 13.8 Å². The van der Waals surface area contributed by atoms with Gasteiger partial charge in [-0.05, 0) is 31.5 Å². The molecule has 0 aliphatic carbocycles. The molecule has 2 heterocycles. The minimum Gasteiger partial charge on any atom is -0.306 e. The Morgan fingerprint density at radius 3 is 2.77 bits per heavy atom. The van der Waals surface area contributed by atoms with Crippen LogP contribution in [0.1, 0.15) is 21.5 Å². The molecule has 0 spiro atoms. The summed E-state index contributed by atoms with van der Waals surface area (Å²) >= 11 is 0. The molecule has 0 unspecified atom stereocenters. The number of benzene rings is 1. The van der Waals surface area contributed by atoms with Gasteiger partial charge in [0.1, 0.15) is 12.1 Å². The smallest absolute Gasteiger partial charge is 0.257 e. The van der Waals surface area contributed by atoms with Crippen LogP contribution in [0.5, 0.6) is 0 Å². The quantitative estimate of drug-likeness (QED) is 0.805. The lowest BCUT2D eigenvalue weighted by molar-refractivity contribution is 0.102. The third kappa shape index (κ3) is 2.85. The van der Waals surface area contributed by atoms with Crippen molar-refractivity contribution in [3.05, 3.63) is 65.7 Å². The predicted octanol–water partition coefficient (Wildman–Crippen LogP) is 2.53. The van der Waals surface area contributed by atoms with Crippen LogP contribution >= 0.6 is 0 Å². The lowest BCUT2D eigenvalue weighted by atomic mass is 10.1. The van der Waals surface area contributed by atoms with Crippen molar-refractivity contribution in [3.8, 4) is 5.82 Å². The fourth-order valence-corrected chi connectivity index (χ4v) is 2.20. The highest BCUT2D eigenvalue weighted by atomic mass is 16.1. The third-order valence-electron chi connectivity index (χ3n) is 3.26. The molecule has 0 atom stereocenters. The molecule has 0 aliphatic heterocycles. The van der Waals surface area contributed by atoms with Crippen molar-refractivity contribution in [2.24, 2.45) is 0 Å². The summed E-state index contributed by atoms with van der Waals surface area (Å²) in [5.41, 5.74) is 2.68. The summed E-state index contributed by atoms with van der Waals surface area (Å²) in [6.07, 6.45) is 4.84. The molecule has 0 fully saturated rings. The van der Waals surface area contributed by atoms with Gasteiger partial charge in [0.15, 0.2) is 5.82 Å². The average molecular weight is 293 g/mol. The number of hydrogen-bond donors (Lipinski definition) is 1. The molecule has 6 nitrogen and oxygen atoms in total. The van der Waals surface area contributed by atoms with E-state index in [2.05, 4.69) is 20.4 Å². The highest BCUT2D eigenvalue weighted by Crippen LogP contribution is 2.14. The van der Waals surface area contributed by atoms with Gasteiger partial charge in [0, 0.05) is 24.0 Å². The molecular formula is C16H15N5O. The Morgan fingerprint density at radius 2 is 2.05 bits per heavy atom. The first-order valence-electron chi connectivity index (χ1n) is 6.84. The maximum absolute atomic E-state index is 12.4. The van der Waals surface area contributed by atoms with Crippen LogP contribution in [0.2, 0.25) is 0 Å². The van der Waals surface area contributed by atoms with Crippen molar-refractivity contribution in [2.75, 3.05) is 5.32 Å². The first-order valence-corrected chi connectivity index (χ1v) is 6.84. The molecule has 6 heteroatoms. The van der Waals surface area contributed by atoms with Crippen LogP contribution in [0, 0.1) is 13.8 Å². The number of rotatable bonds is 3. The van der Waals surface area contributed by atoms with Crippen molar-refractivity contribution < 1.29 is 4.79 Å². The standard InChI is InChI=1S/C16H15N5O/c1-11-4-5-13(12(2)8-11)16(22)20-14-9-15(18-10-17-14)21-7-3-6-19-21/h3-10H,1-2H3,(H,17,18,20,22). The highest BCUT2D eigenvalue weighted by Gasteiger charge is 2.10. The topological polar surface area (TPSA) is 72.7 Å². The number of carbonyl (C=O) groups excluding carboxylic acids is 1. The summed E-state index contributed by atoms with van der Waals surface area (Å²) < 4.78 is 1.61. The van der Waals surface area contributed by atoms with E-state index in [-0.39, 0.29) is 5.91 Å². The number of carbonyl (C=O) groups is 1. The van der Waals surface area contributed by atoms with Gasteiger partial charge in [-0.15, -0.1) is 0 Å². The van der Waals surface area contributed by atoms with Gasteiger partial charge in [-0.1, -0.05) is 17.7 Å². The molecule has 1 amide bonds. The zero-order valence-electron chi connectivity index (χ0n) is 12.3. The number of nitrogens with zero attached hydrogens (tertiary/aromatic N) is 4. The molecule has 3 aromatic rings. The fraction of sp³-hybridized carbons (Fsp3) is 0.125. The zero-order valence-corrected chi connectivity index (χ0v) is 12.3. The van der Waals surface area contributed by atoms with E-state index in [0.717, 1.165) is 11.1 Å². The van der Waals surface area contributed by atoms with E-state index in [1.165, 1.54) is 6.33 Å². The molecule has 110 valence electrons. The van der Waals surface area contributed by atoms with Crippen molar-refractivity contribution >= 4 is 11.7 Å². The van der Waals surface area contributed by atoms with Gasteiger partial charge in [0.25, 0.3) is 5.91 Å². The fourth-order valence-electron chi connectivity index (χ4n) is 2.20. The van der Waals surface area contributed by atoms with Crippen molar-refractivity contribution in [3.63, 3.8) is 0 Å². The van der Waals surface area contributed by atoms with Gasteiger partial charge in [0.05, 0.1) is 0 Å². The molecule has 0 aliphatic rings. The first kappa shape index (κ1) is 13.9. The van der Waals surface area contributed by atoms with Gasteiger partial charge >= 0.3 is 0 Å². The summed E-state index contributed by atoms with van der Waals surface area (Å²) in [4.78, 5) is 20.6. The van der Waals surface area contributed by atoms with Crippen LogP contribution in [-0.2, 0) is 0 Å². The Labute approximate surface area is 127 Å². The number of hydrogen-bond acceptors (Lipinski definition) is 4.